The van der Waals surface area contributed by atoms with Crippen LogP contribution in [0, 0.1) is 0 Å². The zero-order valence-electron chi connectivity index (χ0n) is 33.3. The van der Waals surface area contributed by atoms with Gasteiger partial charge in [0.2, 0.25) is 18.2 Å². The van der Waals surface area contributed by atoms with E-state index in [9.17, 15) is 14.4 Å². The highest BCUT2D eigenvalue weighted by Gasteiger charge is 2.41. The molecule has 0 spiro atoms. The highest BCUT2D eigenvalue weighted by atomic mass is 16.9. The minimum Gasteiger partial charge on any atom is -0.453 e. The second-order valence-electron chi connectivity index (χ2n) is 15.1. The second kappa shape index (κ2) is 16.8. The van der Waals surface area contributed by atoms with Crippen LogP contribution in [0.1, 0.15) is 63.3 Å². The summed E-state index contributed by atoms with van der Waals surface area (Å²) >= 11 is 0. The van der Waals surface area contributed by atoms with Crippen LogP contribution in [0.15, 0.2) is 60.8 Å². The summed E-state index contributed by atoms with van der Waals surface area (Å²) in [5.41, 5.74) is 5.67. The fraction of sp³-hybridized carbons (Fsp3) is 0.452. The Morgan fingerprint density at radius 1 is 0.776 bits per heavy atom. The van der Waals surface area contributed by atoms with E-state index in [1.54, 1.807) is 25.1 Å². The summed E-state index contributed by atoms with van der Waals surface area (Å²) < 4.78 is 26.4. The maximum atomic E-state index is 13.8. The van der Waals surface area contributed by atoms with Crippen LogP contribution in [0.3, 0.4) is 0 Å². The third kappa shape index (κ3) is 7.77. The molecule has 5 heterocycles. The minimum atomic E-state index is -0.896. The molecule has 3 fully saturated rings. The average Bonchev–Trinajstić information content (AvgIpc) is 4.07. The lowest BCUT2D eigenvalue weighted by Gasteiger charge is -2.35. The van der Waals surface area contributed by atoms with Gasteiger partial charge in [-0.1, -0.05) is 30.3 Å². The topological polar surface area (TPSA) is 185 Å². The highest BCUT2D eigenvalue weighted by Crippen LogP contribution is 2.36. The van der Waals surface area contributed by atoms with Crippen LogP contribution in [-0.4, -0.2) is 120 Å². The molecule has 58 heavy (non-hydrogen) atoms. The first-order chi connectivity index (χ1) is 28.1. The number of nitrogens with zero attached hydrogens (tertiary/aromatic N) is 4. The summed E-state index contributed by atoms with van der Waals surface area (Å²) in [4.78, 5) is 59.8. The number of aromatic amines is 2. The molecule has 0 saturated carbocycles. The van der Waals surface area contributed by atoms with E-state index >= 15 is 0 Å². The molecule has 3 aliphatic heterocycles. The smallest absolute Gasteiger partial charge is 0.407 e. The number of hydrogen-bond donors (Lipinski definition) is 4. The molecule has 4 N–H and O–H groups in total. The number of fused-ring (bicyclic) bond motifs is 2. The van der Waals surface area contributed by atoms with Crippen molar-refractivity contribution in [3.05, 3.63) is 72.4 Å². The molecule has 0 bridgehead atoms. The van der Waals surface area contributed by atoms with Crippen LogP contribution in [0.25, 0.3) is 44.2 Å². The van der Waals surface area contributed by atoms with E-state index < -0.39 is 30.7 Å². The van der Waals surface area contributed by atoms with Crippen LogP contribution in [0.4, 0.5) is 4.79 Å². The number of amides is 3. The molecule has 5 aromatic rings. The van der Waals surface area contributed by atoms with Gasteiger partial charge in [-0.2, -0.15) is 0 Å². The molecule has 6 atom stereocenters. The Hall–Kier alpha value is -5.39. The fourth-order valence-electron chi connectivity index (χ4n) is 8.22. The van der Waals surface area contributed by atoms with Gasteiger partial charge in [0, 0.05) is 32.9 Å². The first-order valence-corrected chi connectivity index (χ1v) is 19.7. The van der Waals surface area contributed by atoms with Crippen molar-refractivity contribution < 1.29 is 38.1 Å². The van der Waals surface area contributed by atoms with Crippen LogP contribution in [0.5, 0.6) is 0 Å². The number of carbonyl (C=O) groups excluding carboxylic acids is 3. The Kier molecular flexibility index (Phi) is 11.4. The first-order valence-electron chi connectivity index (χ1n) is 19.7. The molecule has 3 aromatic carbocycles. The van der Waals surface area contributed by atoms with Crippen molar-refractivity contribution in [3.63, 3.8) is 0 Å². The van der Waals surface area contributed by atoms with E-state index in [2.05, 4.69) is 69.1 Å². The standard InChI is InChI=1S/C42H50N8O8/c1-23(54-3)35(47-41(53)56-5)39(51)49-16-6-8-33(49)37-43-21-32(46-37)29-13-12-25-18-26(10-11-27(25)19-29)28-14-15-30-31(20-28)45-38(44-30)34-9-7-17-50(34)40(52)36(24(2)55-4)48-42-57-22-58-42/h10-15,18-21,23-24,33-36,42,48H,6-9,16-17,22H2,1-5H3,(H,43,46)(H,44,45)(H,47,53)/t23-,24-,33+,34+,35+,36+/m1/s1. The summed E-state index contributed by atoms with van der Waals surface area (Å²) in [6, 6.07) is 16.9. The Morgan fingerprint density at radius 3 is 2.03 bits per heavy atom. The number of alkyl carbamates (subject to hydrolysis) is 1. The van der Waals surface area contributed by atoms with Gasteiger partial charge in [0.15, 0.2) is 6.79 Å². The maximum absolute atomic E-state index is 13.8. The number of imidazole rings is 2. The summed E-state index contributed by atoms with van der Waals surface area (Å²) in [7, 11) is 4.35. The largest absolute Gasteiger partial charge is 0.453 e. The summed E-state index contributed by atoms with van der Waals surface area (Å²) in [5, 5.41) is 7.92. The Morgan fingerprint density at radius 2 is 1.38 bits per heavy atom. The van der Waals surface area contributed by atoms with E-state index in [0.29, 0.717) is 18.9 Å². The van der Waals surface area contributed by atoms with Gasteiger partial charge in [-0.05, 0) is 85.7 Å². The number of carbonyl (C=O) groups is 3. The van der Waals surface area contributed by atoms with Crippen molar-refractivity contribution in [2.75, 3.05) is 41.2 Å². The number of methoxy groups -OCH3 is 3. The number of nitrogens with one attached hydrogen (secondary N) is 4. The van der Waals surface area contributed by atoms with E-state index in [0.717, 1.165) is 75.7 Å². The minimum absolute atomic E-state index is 0.0747. The van der Waals surface area contributed by atoms with Gasteiger partial charge in [-0.15, -0.1) is 0 Å². The lowest BCUT2D eigenvalue weighted by molar-refractivity contribution is -0.336. The Balaban J connectivity index is 0.976. The Labute approximate surface area is 335 Å². The lowest BCUT2D eigenvalue weighted by Crippen LogP contribution is -2.58. The van der Waals surface area contributed by atoms with E-state index in [1.165, 1.54) is 14.2 Å². The molecule has 306 valence electrons. The molecule has 2 aromatic heterocycles. The van der Waals surface area contributed by atoms with Gasteiger partial charge in [-0.3, -0.25) is 14.9 Å². The van der Waals surface area contributed by atoms with Gasteiger partial charge in [0.05, 0.1) is 54.3 Å². The number of aromatic nitrogens is 4. The number of ether oxygens (including phenoxy) is 5. The molecule has 3 aliphatic rings. The normalized spacial score (nSPS) is 20.6. The predicted octanol–water partition coefficient (Wildman–Crippen LogP) is 5.14. The molecule has 8 rings (SSSR count). The molecule has 16 heteroatoms. The third-order valence-corrected chi connectivity index (χ3v) is 11.7. The zero-order chi connectivity index (χ0) is 40.5. The van der Waals surface area contributed by atoms with E-state index in [4.69, 9.17) is 33.7 Å². The van der Waals surface area contributed by atoms with Crippen molar-refractivity contribution in [1.82, 2.24) is 40.4 Å². The van der Waals surface area contributed by atoms with Gasteiger partial charge >= 0.3 is 6.09 Å². The number of likely N-dealkylation sites (tertiary alicyclic amines) is 2. The summed E-state index contributed by atoms with van der Waals surface area (Å²) in [6.07, 6.45) is 2.78. The van der Waals surface area contributed by atoms with Crippen molar-refractivity contribution in [3.8, 4) is 22.4 Å². The van der Waals surface area contributed by atoms with E-state index in [-0.39, 0.29) is 36.8 Å². The highest BCUT2D eigenvalue weighted by molar-refractivity contribution is 5.92. The molecule has 3 saturated heterocycles. The SMILES string of the molecule is COC(=O)N[C@H](C(=O)N1CCC[C@H]1c1ncc(-c2ccc3cc(-c4ccc5nc([C@@H]6CCCN6C(=O)[C@@H](NC6OCO6)[C@@H](C)OC)[nH]c5c4)ccc3c2)[nH]1)[C@@H](C)OC. The van der Waals surface area contributed by atoms with Crippen LogP contribution in [-0.2, 0) is 33.3 Å². The van der Waals surface area contributed by atoms with Crippen molar-refractivity contribution in [2.24, 2.45) is 0 Å². The molecule has 3 amide bonds. The van der Waals surface area contributed by atoms with Gasteiger partial charge < -0.3 is 48.8 Å². The van der Waals surface area contributed by atoms with Gasteiger partial charge in [0.1, 0.15) is 23.7 Å². The first kappa shape index (κ1) is 39.4. The molecule has 0 unspecified atom stereocenters. The maximum Gasteiger partial charge on any atom is 0.407 e. The molecule has 0 aliphatic carbocycles. The number of hydrogen-bond acceptors (Lipinski definition) is 11. The van der Waals surface area contributed by atoms with Crippen molar-refractivity contribution in [2.45, 2.75) is 82.3 Å². The van der Waals surface area contributed by atoms with Crippen LogP contribution in [0.2, 0.25) is 0 Å². The van der Waals surface area contributed by atoms with Crippen LogP contribution >= 0.6 is 0 Å². The third-order valence-electron chi connectivity index (χ3n) is 11.7. The Bertz CT molecular complexity index is 2290. The molecular weight excluding hydrogens is 745 g/mol. The molecular formula is C42H50N8O8. The summed E-state index contributed by atoms with van der Waals surface area (Å²) in [6.45, 7) is 4.96. The average molecular weight is 795 g/mol. The molecule has 16 nitrogen and oxygen atoms in total. The number of benzene rings is 3. The van der Waals surface area contributed by atoms with E-state index in [1.807, 2.05) is 17.9 Å². The predicted molar refractivity (Wildman–Crippen MR) is 214 cm³/mol. The van der Waals surface area contributed by atoms with Crippen molar-refractivity contribution >= 4 is 39.7 Å². The van der Waals surface area contributed by atoms with Gasteiger partial charge in [0.25, 0.3) is 0 Å². The van der Waals surface area contributed by atoms with Gasteiger partial charge in [-0.25, -0.2) is 14.8 Å². The van der Waals surface area contributed by atoms with Crippen LogP contribution < -0.4 is 10.6 Å². The quantitative estimate of drug-likeness (QED) is 0.124. The number of H-pyrrole nitrogens is 2. The summed E-state index contributed by atoms with van der Waals surface area (Å²) in [5.74, 6) is 1.14. The number of rotatable bonds is 13. The lowest BCUT2D eigenvalue weighted by atomic mass is 9.99. The second-order valence-corrected chi connectivity index (χ2v) is 15.1. The zero-order valence-corrected chi connectivity index (χ0v) is 33.3. The fourth-order valence-corrected chi connectivity index (χ4v) is 8.22. The monoisotopic (exact) mass is 794 g/mol. The molecule has 0 radical (unpaired) electrons. The van der Waals surface area contributed by atoms with Crippen molar-refractivity contribution in [1.29, 1.82) is 0 Å².